The van der Waals surface area contributed by atoms with Gasteiger partial charge in [0.2, 0.25) is 0 Å². The van der Waals surface area contributed by atoms with Crippen LogP contribution in [0.5, 0.6) is 0 Å². The summed E-state index contributed by atoms with van der Waals surface area (Å²) in [6, 6.07) is 6.43. The van der Waals surface area contributed by atoms with Crippen molar-refractivity contribution in [2.24, 2.45) is 0 Å². The molecular formula is C20H24N4OS. The molecule has 0 atom stereocenters. The topological polar surface area (TPSA) is 51.0 Å². The van der Waals surface area contributed by atoms with Crippen molar-refractivity contribution in [3.05, 3.63) is 45.9 Å². The highest BCUT2D eigenvalue weighted by Crippen LogP contribution is 2.27. The maximum atomic E-state index is 13.3. The van der Waals surface area contributed by atoms with E-state index in [1.165, 1.54) is 17.7 Å². The first-order chi connectivity index (χ1) is 12.7. The van der Waals surface area contributed by atoms with E-state index in [-0.39, 0.29) is 5.91 Å². The Morgan fingerprint density at radius 2 is 2.19 bits per heavy atom. The lowest BCUT2D eigenvalue weighted by atomic mass is 10.1. The summed E-state index contributed by atoms with van der Waals surface area (Å²) in [5.74, 6) is 0.116. The summed E-state index contributed by atoms with van der Waals surface area (Å²) in [7, 11) is 0. The number of fused-ring (bicyclic) bond motifs is 1. The van der Waals surface area contributed by atoms with E-state index in [1.807, 2.05) is 28.6 Å². The molecule has 0 aliphatic heterocycles. The minimum absolute atomic E-state index is 0.116. The molecular weight excluding hydrogens is 344 g/mol. The lowest BCUT2D eigenvalue weighted by molar-refractivity contribution is 0.0695. The summed E-state index contributed by atoms with van der Waals surface area (Å²) in [5.41, 5.74) is 2.39. The summed E-state index contributed by atoms with van der Waals surface area (Å²) in [6.07, 6.45) is 6.47. The maximum Gasteiger partial charge on any atom is 0.254 e. The van der Waals surface area contributed by atoms with Crippen molar-refractivity contribution in [3.63, 3.8) is 0 Å². The minimum atomic E-state index is 0.116. The molecule has 1 aliphatic rings. The van der Waals surface area contributed by atoms with Gasteiger partial charge < -0.3 is 4.90 Å². The Kier molecular flexibility index (Phi) is 4.76. The van der Waals surface area contributed by atoms with Crippen LogP contribution in [0.3, 0.4) is 0 Å². The van der Waals surface area contributed by atoms with Crippen LogP contribution >= 0.6 is 11.3 Å². The van der Waals surface area contributed by atoms with Gasteiger partial charge in [0.05, 0.1) is 23.7 Å². The van der Waals surface area contributed by atoms with E-state index < -0.39 is 0 Å². The SMILES string of the molecule is CCN(C(=O)c1cc(C)nc2c1cnn2Cc1cccs1)C1CCCC1. The smallest absolute Gasteiger partial charge is 0.254 e. The number of aromatic nitrogens is 3. The van der Waals surface area contributed by atoms with Gasteiger partial charge in [-0.25, -0.2) is 9.67 Å². The minimum Gasteiger partial charge on any atom is -0.336 e. The lowest BCUT2D eigenvalue weighted by Crippen LogP contribution is -2.38. The van der Waals surface area contributed by atoms with Crippen molar-refractivity contribution in [2.45, 2.75) is 52.1 Å². The summed E-state index contributed by atoms with van der Waals surface area (Å²) in [6.45, 7) is 5.45. The lowest BCUT2D eigenvalue weighted by Gasteiger charge is -2.28. The van der Waals surface area contributed by atoms with E-state index in [2.05, 4.69) is 28.5 Å². The normalized spacial score (nSPS) is 15.0. The van der Waals surface area contributed by atoms with E-state index in [4.69, 9.17) is 0 Å². The Balaban J connectivity index is 1.72. The van der Waals surface area contributed by atoms with Gasteiger partial charge in [0, 0.05) is 23.2 Å². The zero-order valence-corrected chi connectivity index (χ0v) is 16.1. The van der Waals surface area contributed by atoms with Crippen molar-refractivity contribution >= 4 is 28.3 Å². The zero-order valence-electron chi connectivity index (χ0n) is 15.3. The molecule has 1 saturated carbocycles. The second-order valence-corrected chi connectivity index (χ2v) is 7.99. The zero-order chi connectivity index (χ0) is 18.1. The molecule has 1 amide bonds. The van der Waals surface area contributed by atoms with Crippen LogP contribution in [0.1, 0.15) is 53.5 Å². The molecule has 5 nitrogen and oxygen atoms in total. The van der Waals surface area contributed by atoms with Gasteiger partial charge in [0.1, 0.15) is 0 Å². The number of hydrogen-bond acceptors (Lipinski definition) is 4. The first kappa shape index (κ1) is 17.2. The highest BCUT2D eigenvalue weighted by atomic mass is 32.1. The van der Waals surface area contributed by atoms with Crippen LogP contribution in [-0.4, -0.2) is 38.2 Å². The maximum absolute atomic E-state index is 13.3. The second-order valence-electron chi connectivity index (χ2n) is 6.96. The Hall–Kier alpha value is -2.21. The number of aryl methyl sites for hydroxylation is 1. The third kappa shape index (κ3) is 3.14. The average molecular weight is 369 g/mol. The van der Waals surface area contributed by atoms with Crippen molar-refractivity contribution in [1.82, 2.24) is 19.7 Å². The number of hydrogen-bond donors (Lipinski definition) is 0. The molecule has 1 fully saturated rings. The Morgan fingerprint density at radius 1 is 1.38 bits per heavy atom. The Labute approximate surface area is 157 Å². The quantitative estimate of drug-likeness (QED) is 0.676. The number of thiophene rings is 1. The van der Waals surface area contributed by atoms with Gasteiger partial charge >= 0.3 is 0 Å². The van der Waals surface area contributed by atoms with Gasteiger partial charge in [-0.1, -0.05) is 18.9 Å². The summed E-state index contributed by atoms with van der Waals surface area (Å²) in [5, 5.41) is 7.45. The van der Waals surface area contributed by atoms with Crippen LogP contribution < -0.4 is 0 Å². The van der Waals surface area contributed by atoms with Gasteiger partial charge in [-0.05, 0) is 44.2 Å². The van der Waals surface area contributed by atoms with Crippen LogP contribution in [0.15, 0.2) is 29.8 Å². The summed E-state index contributed by atoms with van der Waals surface area (Å²) in [4.78, 5) is 21.3. The third-order valence-corrected chi connectivity index (χ3v) is 6.08. The Morgan fingerprint density at radius 3 is 2.88 bits per heavy atom. The first-order valence-electron chi connectivity index (χ1n) is 9.34. The first-order valence-corrected chi connectivity index (χ1v) is 10.2. The van der Waals surface area contributed by atoms with E-state index >= 15 is 0 Å². The molecule has 0 aromatic carbocycles. The fourth-order valence-electron chi connectivity index (χ4n) is 3.95. The molecule has 0 radical (unpaired) electrons. The van der Waals surface area contributed by atoms with Crippen LogP contribution in [0.4, 0.5) is 0 Å². The standard InChI is InChI=1S/C20H24N4OS/c1-3-23(15-7-4-5-8-15)20(25)17-11-14(2)22-19-18(17)12-21-24(19)13-16-9-6-10-26-16/h6,9-12,15H,3-5,7-8,13H2,1-2H3. The van der Waals surface area contributed by atoms with Gasteiger partial charge in [-0.3, -0.25) is 4.79 Å². The molecule has 0 spiro atoms. The van der Waals surface area contributed by atoms with Crippen molar-refractivity contribution in [3.8, 4) is 0 Å². The predicted octanol–water partition coefficient (Wildman–Crippen LogP) is 4.25. The molecule has 0 N–H and O–H groups in total. The molecule has 0 bridgehead atoms. The van der Waals surface area contributed by atoms with E-state index in [1.54, 1.807) is 17.5 Å². The van der Waals surface area contributed by atoms with Crippen LogP contribution in [0.2, 0.25) is 0 Å². The average Bonchev–Trinajstić information content (AvgIpc) is 3.38. The van der Waals surface area contributed by atoms with Crippen molar-refractivity contribution in [1.29, 1.82) is 0 Å². The van der Waals surface area contributed by atoms with Crippen LogP contribution in [0, 0.1) is 6.92 Å². The molecule has 3 aromatic rings. The third-order valence-electron chi connectivity index (χ3n) is 5.22. The second kappa shape index (κ2) is 7.19. The predicted molar refractivity (Wildman–Crippen MR) is 105 cm³/mol. The van der Waals surface area contributed by atoms with E-state index in [0.29, 0.717) is 12.6 Å². The van der Waals surface area contributed by atoms with Crippen molar-refractivity contribution < 1.29 is 4.79 Å². The molecule has 3 aromatic heterocycles. The molecule has 26 heavy (non-hydrogen) atoms. The Bertz CT molecular complexity index is 909. The van der Waals surface area contributed by atoms with Gasteiger partial charge in [-0.2, -0.15) is 5.10 Å². The highest BCUT2D eigenvalue weighted by Gasteiger charge is 2.28. The molecule has 1 aliphatic carbocycles. The van der Waals surface area contributed by atoms with Crippen LogP contribution in [-0.2, 0) is 6.54 Å². The fraction of sp³-hybridized carbons (Fsp3) is 0.450. The number of pyridine rings is 1. The van der Waals surface area contributed by atoms with Gasteiger partial charge in [-0.15, -0.1) is 11.3 Å². The van der Waals surface area contributed by atoms with Gasteiger partial charge in [0.25, 0.3) is 5.91 Å². The monoisotopic (exact) mass is 368 g/mol. The number of nitrogens with zero attached hydrogens (tertiary/aromatic N) is 4. The molecule has 0 saturated heterocycles. The number of amides is 1. The van der Waals surface area contributed by atoms with Crippen LogP contribution in [0.25, 0.3) is 11.0 Å². The molecule has 4 rings (SSSR count). The highest BCUT2D eigenvalue weighted by molar-refractivity contribution is 7.09. The van der Waals surface area contributed by atoms with Crippen molar-refractivity contribution in [2.75, 3.05) is 6.54 Å². The number of carbonyl (C=O) groups excluding carboxylic acids is 1. The number of rotatable bonds is 5. The molecule has 6 heteroatoms. The van der Waals surface area contributed by atoms with E-state index in [0.717, 1.165) is 41.7 Å². The largest absolute Gasteiger partial charge is 0.336 e. The molecule has 0 unspecified atom stereocenters. The molecule has 136 valence electrons. The summed E-state index contributed by atoms with van der Waals surface area (Å²) < 4.78 is 1.90. The molecule has 3 heterocycles. The van der Waals surface area contributed by atoms with Gasteiger partial charge in [0.15, 0.2) is 5.65 Å². The number of carbonyl (C=O) groups is 1. The fourth-order valence-corrected chi connectivity index (χ4v) is 4.64. The van der Waals surface area contributed by atoms with E-state index in [9.17, 15) is 4.79 Å². The summed E-state index contributed by atoms with van der Waals surface area (Å²) >= 11 is 1.71.